The largest absolute Gasteiger partial charge is 0.398 e. The molecule has 102 valence electrons. The average Bonchev–Trinajstić information content (AvgIpc) is 2.89. The van der Waals surface area contributed by atoms with E-state index in [1.54, 1.807) is 0 Å². The van der Waals surface area contributed by atoms with Crippen LogP contribution in [0, 0.1) is 23.7 Å². The molecular weight excluding hydrogens is 250 g/mol. The fourth-order valence-electron chi connectivity index (χ4n) is 4.88. The molecule has 5 nitrogen and oxygen atoms in total. The Hall–Kier alpha value is -1.91. The number of nitrogens with two attached hydrogens (primary N) is 1. The van der Waals surface area contributed by atoms with Crippen LogP contribution in [0.3, 0.4) is 0 Å². The lowest BCUT2D eigenvalue weighted by atomic mass is 10.0. The van der Waals surface area contributed by atoms with Gasteiger partial charge in [0.2, 0.25) is 0 Å². The van der Waals surface area contributed by atoms with Crippen molar-refractivity contribution in [3.63, 3.8) is 0 Å². The molecule has 0 radical (unpaired) electrons. The highest BCUT2D eigenvalue weighted by molar-refractivity contribution is 5.71. The first kappa shape index (κ1) is 10.8. The normalized spacial score (nSPS) is 37.1. The van der Waals surface area contributed by atoms with Crippen LogP contribution in [0.25, 0.3) is 11.4 Å². The van der Waals surface area contributed by atoms with Crippen LogP contribution in [-0.4, -0.2) is 20.2 Å². The molecule has 3 aliphatic carbocycles. The first-order chi connectivity index (χ1) is 9.84. The van der Waals surface area contributed by atoms with Crippen molar-refractivity contribution in [1.82, 2.24) is 20.2 Å². The second-order valence-corrected chi connectivity index (χ2v) is 6.51. The predicted octanol–water partition coefficient (Wildman–Crippen LogP) is 2.14. The van der Waals surface area contributed by atoms with Crippen molar-refractivity contribution in [2.24, 2.45) is 23.7 Å². The summed E-state index contributed by atoms with van der Waals surface area (Å²) in [6.45, 7) is 0. The molecule has 3 aliphatic rings. The van der Waals surface area contributed by atoms with Gasteiger partial charge in [-0.2, -0.15) is 0 Å². The Kier molecular flexibility index (Phi) is 1.95. The van der Waals surface area contributed by atoms with Gasteiger partial charge in [-0.3, -0.25) is 0 Å². The third kappa shape index (κ3) is 1.25. The van der Waals surface area contributed by atoms with Crippen molar-refractivity contribution in [1.29, 1.82) is 0 Å². The van der Waals surface area contributed by atoms with Crippen LogP contribution in [0.2, 0.25) is 0 Å². The topological polar surface area (TPSA) is 69.6 Å². The second kappa shape index (κ2) is 3.59. The molecule has 1 aromatic carbocycles. The molecule has 0 spiro atoms. The van der Waals surface area contributed by atoms with Crippen LogP contribution in [0.4, 0.5) is 5.69 Å². The lowest BCUT2D eigenvalue weighted by Crippen LogP contribution is -2.09. The van der Waals surface area contributed by atoms with Gasteiger partial charge < -0.3 is 5.73 Å². The number of fused-ring (bicyclic) bond motifs is 5. The zero-order valence-corrected chi connectivity index (χ0v) is 11.2. The number of benzene rings is 1. The number of rotatable bonds is 2. The average molecular weight is 267 g/mol. The maximum absolute atomic E-state index is 6.08. The number of hydrogen-bond acceptors (Lipinski definition) is 4. The SMILES string of the molecule is Nc1ccccc1-c1nnnn1C1C2C3CCC(C3)C21. The van der Waals surface area contributed by atoms with E-state index in [4.69, 9.17) is 5.73 Å². The van der Waals surface area contributed by atoms with Gasteiger partial charge in [-0.15, -0.1) is 5.10 Å². The predicted molar refractivity (Wildman–Crippen MR) is 74.5 cm³/mol. The molecule has 2 bridgehead atoms. The van der Waals surface area contributed by atoms with E-state index in [9.17, 15) is 0 Å². The van der Waals surface area contributed by atoms with E-state index in [0.717, 1.165) is 40.7 Å². The van der Waals surface area contributed by atoms with E-state index in [1.807, 2.05) is 28.9 Å². The van der Waals surface area contributed by atoms with Crippen molar-refractivity contribution in [2.75, 3.05) is 5.73 Å². The molecule has 4 atom stereocenters. The van der Waals surface area contributed by atoms with Crippen LogP contribution in [-0.2, 0) is 0 Å². The van der Waals surface area contributed by atoms with Gasteiger partial charge in [0.05, 0.1) is 6.04 Å². The Morgan fingerprint density at radius 2 is 1.85 bits per heavy atom. The summed E-state index contributed by atoms with van der Waals surface area (Å²) in [6, 6.07) is 8.36. The van der Waals surface area contributed by atoms with Gasteiger partial charge >= 0.3 is 0 Å². The van der Waals surface area contributed by atoms with E-state index < -0.39 is 0 Å². The van der Waals surface area contributed by atoms with E-state index in [2.05, 4.69) is 15.5 Å². The molecule has 5 rings (SSSR count). The monoisotopic (exact) mass is 267 g/mol. The summed E-state index contributed by atoms with van der Waals surface area (Å²) in [5.41, 5.74) is 7.78. The standard InChI is InChI=1S/C15H17N5/c16-11-4-2-1-3-10(11)15-17-18-19-20(15)14-12-8-5-6-9(7-8)13(12)14/h1-4,8-9,12-14H,5-7,16H2. The summed E-state index contributed by atoms with van der Waals surface area (Å²) in [5.74, 6) is 4.31. The third-order valence-electron chi connectivity index (χ3n) is 5.67. The quantitative estimate of drug-likeness (QED) is 0.846. The Labute approximate surface area is 117 Å². The molecule has 20 heavy (non-hydrogen) atoms. The molecule has 1 aromatic heterocycles. The molecule has 0 saturated heterocycles. The van der Waals surface area contributed by atoms with Crippen LogP contribution in [0.15, 0.2) is 24.3 Å². The zero-order chi connectivity index (χ0) is 13.3. The number of para-hydroxylation sites is 1. The first-order valence-electron chi connectivity index (χ1n) is 7.47. The van der Waals surface area contributed by atoms with Gasteiger partial charge in [0.1, 0.15) is 0 Å². The molecule has 2 aromatic rings. The minimum absolute atomic E-state index is 0.519. The summed E-state index contributed by atoms with van der Waals surface area (Å²) in [5, 5.41) is 12.4. The fraction of sp³-hybridized carbons (Fsp3) is 0.533. The molecule has 3 fully saturated rings. The van der Waals surface area contributed by atoms with Gasteiger partial charge in [0.15, 0.2) is 5.82 Å². The van der Waals surface area contributed by atoms with Gasteiger partial charge in [0, 0.05) is 11.3 Å². The van der Waals surface area contributed by atoms with Gasteiger partial charge in [-0.05, 0) is 65.5 Å². The summed E-state index contributed by atoms with van der Waals surface area (Å²) in [4.78, 5) is 0. The molecule has 5 heteroatoms. The molecular formula is C15H17N5. The van der Waals surface area contributed by atoms with Crippen molar-refractivity contribution >= 4 is 5.69 Å². The summed E-state index contributed by atoms with van der Waals surface area (Å²) in [7, 11) is 0. The Bertz CT molecular complexity index is 662. The maximum Gasteiger partial charge on any atom is 0.184 e. The van der Waals surface area contributed by atoms with Crippen molar-refractivity contribution < 1.29 is 0 Å². The third-order valence-corrected chi connectivity index (χ3v) is 5.67. The van der Waals surface area contributed by atoms with E-state index in [1.165, 1.54) is 19.3 Å². The van der Waals surface area contributed by atoms with E-state index in [0.29, 0.717) is 6.04 Å². The molecule has 1 heterocycles. The highest BCUT2D eigenvalue weighted by Gasteiger charge is 2.66. The van der Waals surface area contributed by atoms with Gasteiger partial charge in [-0.1, -0.05) is 12.1 Å². The first-order valence-corrected chi connectivity index (χ1v) is 7.47. The number of anilines is 1. The Morgan fingerprint density at radius 1 is 1.10 bits per heavy atom. The molecule has 0 amide bonds. The number of tetrazole rings is 1. The summed E-state index contributed by atoms with van der Waals surface area (Å²) in [6.07, 6.45) is 4.26. The minimum atomic E-state index is 0.519. The number of nitrogens with zero attached hydrogens (tertiary/aromatic N) is 4. The number of aromatic nitrogens is 4. The molecule has 2 N–H and O–H groups in total. The lowest BCUT2D eigenvalue weighted by Gasteiger charge is -2.11. The Morgan fingerprint density at radius 3 is 2.60 bits per heavy atom. The summed E-state index contributed by atoms with van der Waals surface area (Å²) < 4.78 is 2.05. The number of hydrogen-bond donors (Lipinski definition) is 1. The molecule has 3 saturated carbocycles. The van der Waals surface area contributed by atoms with Crippen molar-refractivity contribution in [3.05, 3.63) is 24.3 Å². The number of nitrogen functional groups attached to an aromatic ring is 1. The maximum atomic E-state index is 6.08. The zero-order valence-electron chi connectivity index (χ0n) is 11.2. The molecule has 4 unspecified atom stereocenters. The highest BCUT2D eigenvalue weighted by Crippen LogP contribution is 2.71. The highest BCUT2D eigenvalue weighted by atomic mass is 15.6. The second-order valence-electron chi connectivity index (χ2n) is 6.51. The van der Waals surface area contributed by atoms with Crippen molar-refractivity contribution in [3.8, 4) is 11.4 Å². The van der Waals surface area contributed by atoms with E-state index >= 15 is 0 Å². The smallest absolute Gasteiger partial charge is 0.184 e. The van der Waals surface area contributed by atoms with Crippen LogP contribution in [0.5, 0.6) is 0 Å². The molecule has 0 aliphatic heterocycles. The minimum Gasteiger partial charge on any atom is -0.398 e. The van der Waals surface area contributed by atoms with Gasteiger partial charge in [0.25, 0.3) is 0 Å². The van der Waals surface area contributed by atoms with Crippen molar-refractivity contribution in [2.45, 2.75) is 25.3 Å². The Balaban J connectivity index is 1.56. The van der Waals surface area contributed by atoms with Gasteiger partial charge in [-0.25, -0.2) is 4.68 Å². The van der Waals surface area contributed by atoms with Crippen LogP contribution < -0.4 is 5.73 Å². The summed E-state index contributed by atoms with van der Waals surface area (Å²) >= 11 is 0. The lowest BCUT2D eigenvalue weighted by molar-refractivity contribution is 0.427. The van der Waals surface area contributed by atoms with E-state index in [-0.39, 0.29) is 0 Å². The van der Waals surface area contributed by atoms with Crippen LogP contribution >= 0.6 is 0 Å². The fourth-order valence-corrected chi connectivity index (χ4v) is 4.88. The van der Waals surface area contributed by atoms with Crippen LogP contribution in [0.1, 0.15) is 25.3 Å².